The summed E-state index contributed by atoms with van der Waals surface area (Å²) in [6.07, 6.45) is 0.545. The Kier molecular flexibility index (Phi) is 12.9. The van der Waals surface area contributed by atoms with E-state index in [1.54, 1.807) is 6.92 Å². The molecule has 9 heteroatoms. The number of hydrogen-bond donors (Lipinski definition) is 5. The largest absolute Gasteiger partial charge is 0.480 e. The molecule has 0 rings (SSSR count). The van der Waals surface area contributed by atoms with Crippen LogP contribution in [0.4, 0.5) is 0 Å². The molecule has 0 saturated heterocycles. The highest BCUT2D eigenvalue weighted by Gasteiger charge is 2.26. The minimum absolute atomic E-state index is 0.0984. The van der Waals surface area contributed by atoms with Gasteiger partial charge in [-0.15, -0.1) is 0 Å². The van der Waals surface area contributed by atoms with E-state index in [-0.39, 0.29) is 25.0 Å². The van der Waals surface area contributed by atoms with Gasteiger partial charge in [-0.05, 0) is 47.8 Å². The van der Waals surface area contributed by atoms with Crippen LogP contribution in [-0.4, -0.2) is 103 Å². The van der Waals surface area contributed by atoms with E-state index in [4.69, 9.17) is 5.11 Å². The van der Waals surface area contributed by atoms with E-state index in [0.717, 1.165) is 12.3 Å². The first kappa shape index (κ1) is 25.1. The third-order valence-corrected chi connectivity index (χ3v) is 5.19. The number of nitrogens with one attached hydrogen (secondary N) is 2. The van der Waals surface area contributed by atoms with Gasteiger partial charge in [0.1, 0.15) is 6.04 Å². The molecular weight excluding hydrogens is 356 g/mol. The molecule has 0 aliphatic carbocycles. The Hall–Kier alpha value is -0.870. The van der Waals surface area contributed by atoms with Crippen molar-refractivity contribution >= 4 is 24.5 Å². The molecule has 1 amide bonds. The van der Waals surface area contributed by atoms with Gasteiger partial charge in [-0.25, -0.2) is 4.79 Å². The number of amides is 1. The van der Waals surface area contributed by atoms with Crippen LogP contribution in [0.2, 0.25) is 0 Å². The first-order valence-corrected chi connectivity index (χ1v) is 9.63. The molecule has 0 aromatic heterocycles. The maximum Gasteiger partial charge on any atom is 0.326 e. The van der Waals surface area contributed by atoms with E-state index in [1.165, 1.54) is 0 Å². The standard InChI is InChI=1S/C17H36N4O4S/c1-12(20(4)10-14(11-26)18-3)9-21(5)13(2)16(23)19-15(17(24)25)7-6-8-22/h12-15,18,22,26H,6-11H2,1-5H3,(H,19,23)(H,24,25)/t12-,13-,14+,15-/m0/s1. The maximum absolute atomic E-state index is 12.4. The van der Waals surface area contributed by atoms with Crippen molar-refractivity contribution in [2.24, 2.45) is 0 Å². The first-order valence-electron chi connectivity index (χ1n) is 9.00. The zero-order chi connectivity index (χ0) is 20.3. The monoisotopic (exact) mass is 392 g/mol. The molecule has 0 spiro atoms. The van der Waals surface area contributed by atoms with Crippen molar-refractivity contribution in [3.8, 4) is 0 Å². The van der Waals surface area contributed by atoms with Crippen LogP contribution in [0.3, 0.4) is 0 Å². The Morgan fingerprint density at radius 3 is 2.23 bits per heavy atom. The maximum atomic E-state index is 12.4. The number of carboxylic acid groups (broad SMARTS) is 1. The molecule has 8 nitrogen and oxygen atoms in total. The zero-order valence-electron chi connectivity index (χ0n) is 16.6. The summed E-state index contributed by atoms with van der Waals surface area (Å²) >= 11 is 4.32. The van der Waals surface area contributed by atoms with E-state index in [2.05, 4.69) is 35.1 Å². The topological polar surface area (TPSA) is 105 Å². The summed E-state index contributed by atoms with van der Waals surface area (Å²) in [5.74, 6) is -0.664. The van der Waals surface area contributed by atoms with E-state index in [1.807, 2.05) is 26.0 Å². The number of nitrogens with zero attached hydrogens (tertiary/aromatic N) is 2. The number of rotatable bonds is 14. The van der Waals surface area contributed by atoms with Crippen LogP contribution in [0.1, 0.15) is 26.7 Å². The Morgan fingerprint density at radius 1 is 1.15 bits per heavy atom. The van der Waals surface area contributed by atoms with Crippen LogP contribution in [0.25, 0.3) is 0 Å². The fourth-order valence-electron chi connectivity index (χ4n) is 2.53. The van der Waals surface area contributed by atoms with Gasteiger partial charge in [0.15, 0.2) is 0 Å². The van der Waals surface area contributed by atoms with Gasteiger partial charge in [0.2, 0.25) is 5.91 Å². The predicted octanol–water partition coefficient (Wildman–Crippen LogP) is -0.513. The minimum Gasteiger partial charge on any atom is -0.480 e. The number of carboxylic acids is 1. The summed E-state index contributed by atoms with van der Waals surface area (Å²) in [6, 6.07) is -0.917. The molecule has 0 saturated carbocycles. The highest BCUT2D eigenvalue weighted by molar-refractivity contribution is 7.80. The number of aliphatic hydroxyl groups is 1. The number of likely N-dealkylation sites (N-methyl/N-ethyl adjacent to an activating group) is 3. The molecule has 154 valence electrons. The van der Waals surface area contributed by atoms with Gasteiger partial charge in [-0.3, -0.25) is 9.69 Å². The molecule has 0 unspecified atom stereocenters. The van der Waals surface area contributed by atoms with Crippen LogP contribution in [0, 0.1) is 0 Å². The van der Waals surface area contributed by atoms with Gasteiger partial charge in [0.05, 0.1) is 6.04 Å². The second-order valence-electron chi connectivity index (χ2n) is 6.84. The normalized spacial score (nSPS) is 16.3. The number of carbonyl (C=O) groups excluding carboxylic acids is 1. The molecule has 4 N–H and O–H groups in total. The van der Waals surface area contributed by atoms with Gasteiger partial charge in [-0.1, -0.05) is 0 Å². The van der Waals surface area contributed by atoms with Crippen molar-refractivity contribution in [1.29, 1.82) is 0 Å². The van der Waals surface area contributed by atoms with E-state index in [0.29, 0.717) is 19.0 Å². The van der Waals surface area contributed by atoms with Crippen molar-refractivity contribution in [2.45, 2.75) is 50.9 Å². The van der Waals surface area contributed by atoms with Gasteiger partial charge in [0.25, 0.3) is 0 Å². The second kappa shape index (κ2) is 13.3. The summed E-state index contributed by atoms with van der Waals surface area (Å²) < 4.78 is 0. The molecular formula is C17H36N4O4S. The highest BCUT2D eigenvalue weighted by atomic mass is 32.1. The molecule has 0 aliphatic rings. The number of thiol groups is 1. The molecule has 0 aliphatic heterocycles. The first-order chi connectivity index (χ1) is 12.2. The number of hydrogen-bond acceptors (Lipinski definition) is 7. The third-order valence-electron chi connectivity index (χ3n) is 4.75. The average molecular weight is 393 g/mol. The van der Waals surface area contributed by atoms with Gasteiger partial charge >= 0.3 is 5.97 Å². The van der Waals surface area contributed by atoms with Crippen molar-refractivity contribution < 1.29 is 19.8 Å². The van der Waals surface area contributed by atoms with Crippen LogP contribution < -0.4 is 10.6 Å². The quantitative estimate of drug-likeness (QED) is 0.254. The van der Waals surface area contributed by atoms with E-state index >= 15 is 0 Å². The summed E-state index contributed by atoms with van der Waals surface area (Å²) in [4.78, 5) is 27.7. The lowest BCUT2D eigenvalue weighted by molar-refractivity contribution is -0.142. The fourth-order valence-corrected chi connectivity index (χ4v) is 2.83. The Bertz CT molecular complexity index is 424. The minimum atomic E-state index is -1.08. The molecule has 0 aromatic rings. The molecule has 4 atom stereocenters. The Morgan fingerprint density at radius 2 is 1.77 bits per heavy atom. The number of aliphatic carboxylic acids is 1. The second-order valence-corrected chi connectivity index (χ2v) is 7.20. The van der Waals surface area contributed by atoms with Crippen LogP contribution in [0.5, 0.6) is 0 Å². The molecule has 0 radical (unpaired) electrons. The summed E-state index contributed by atoms with van der Waals surface area (Å²) in [6.45, 7) is 5.27. The SMILES string of the molecule is CN[C@@H](CS)CN(C)[C@@H](C)CN(C)[C@@H](C)C(=O)N[C@@H](CCCO)C(=O)O. The van der Waals surface area contributed by atoms with Crippen molar-refractivity contribution in [1.82, 2.24) is 20.4 Å². The van der Waals surface area contributed by atoms with Gasteiger partial charge in [-0.2, -0.15) is 12.6 Å². The van der Waals surface area contributed by atoms with E-state index < -0.39 is 18.1 Å². The fraction of sp³-hybridized carbons (Fsp3) is 0.882. The molecule has 0 aromatic carbocycles. The van der Waals surface area contributed by atoms with Crippen molar-refractivity contribution in [3.63, 3.8) is 0 Å². The van der Waals surface area contributed by atoms with Crippen molar-refractivity contribution in [3.05, 3.63) is 0 Å². The molecule has 26 heavy (non-hydrogen) atoms. The smallest absolute Gasteiger partial charge is 0.326 e. The molecule has 0 fully saturated rings. The highest BCUT2D eigenvalue weighted by Crippen LogP contribution is 2.06. The lowest BCUT2D eigenvalue weighted by atomic mass is 10.1. The lowest BCUT2D eigenvalue weighted by Crippen LogP contribution is -2.52. The molecule has 0 bridgehead atoms. The Labute approximate surface area is 162 Å². The van der Waals surface area contributed by atoms with Crippen LogP contribution >= 0.6 is 12.6 Å². The average Bonchev–Trinajstić information content (AvgIpc) is 2.61. The van der Waals surface area contributed by atoms with E-state index in [9.17, 15) is 14.7 Å². The number of aliphatic hydroxyl groups excluding tert-OH is 1. The van der Waals surface area contributed by atoms with Crippen LogP contribution in [0.15, 0.2) is 0 Å². The van der Waals surface area contributed by atoms with Gasteiger partial charge < -0.3 is 25.7 Å². The Balaban J connectivity index is 4.60. The summed E-state index contributed by atoms with van der Waals surface area (Å²) in [7, 11) is 5.80. The zero-order valence-corrected chi connectivity index (χ0v) is 17.5. The van der Waals surface area contributed by atoms with Crippen molar-refractivity contribution in [2.75, 3.05) is 46.6 Å². The molecule has 0 heterocycles. The predicted molar refractivity (Wildman–Crippen MR) is 107 cm³/mol. The number of carbonyl (C=O) groups is 2. The summed E-state index contributed by atoms with van der Waals surface area (Å²) in [5, 5.41) is 23.8. The summed E-state index contributed by atoms with van der Waals surface area (Å²) in [5.41, 5.74) is 0. The van der Waals surface area contributed by atoms with Crippen LogP contribution in [-0.2, 0) is 9.59 Å². The van der Waals surface area contributed by atoms with Gasteiger partial charge in [0, 0.05) is 37.5 Å². The third kappa shape index (κ3) is 9.18. The lowest BCUT2D eigenvalue weighted by Gasteiger charge is -2.33.